The number of carbonyl (C=O) groups is 1. The van der Waals surface area contributed by atoms with Crippen molar-refractivity contribution in [2.45, 2.75) is 33.6 Å². The van der Waals surface area contributed by atoms with Gasteiger partial charge in [0.1, 0.15) is 23.2 Å². The molecule has 0 radical (unpaired) electrons. The molecule has 1 N–H and O–H groups in total. The monoisotopic (exact) mass is 460 g/mol. The zero-order valence-corrected chi connectivity index (χ0v) is 20.3. The highest BCUT2D eigenvalue weighted by Gasteiger charge is 2.25. The summed E-state index contributed by atoms with van der Waals surface area (Å²) in [7, 11) is 0. The number of benzene rings is 1. The normalized spacial score (nSPS) is 13.8. The minimum absolute atomic E-state index is 0.0251. The number of amides is 1. The van der Waals surface area contributed by atoms with Crippen LogP contribution in [0.1, 0.15) is 48.6 Å². The topological polar surface area (TPSA) is 83.5 Å². The second kappa shape index (κ2) is 10.5. The smallest absolute Gasteiger partial charge is 0.257 e. The summed E-state index contributed by atoms with van der Waals surface area (Å²) < 4.78 is 5.50. The molecule has 34 heavy (non-hydrogen) atoms. The van der Waals surface area contributed by atoms with E-state index in [2.05, 4.69) is 34.0 Å². The molecule has 1 fully saturated rings. The summed E-state index contributed by atoms with van der Waals surface area (Å²) in [5.41, 5.74) is 2.37. The third-order valence-corrected chi connectivity index (χ3v) is 5.73. The van der Waals surface area contributed by atoms with Crippen molar-refractivity contribution in [3.05, 3.63) is 65.7 Å². The first-order chi connectivity index (χ1) is 16.4. The first-order valence-electron chi connectivity index (χ1n) is 11.8. The van der Waals surface area contributed by atoms with Crippen molar-refractivity contribution in [1.29, 1.82) is 0 Å². The highest BCUT2D eigenvalue weighted by molar-refractivity contribution is 5.99. The Hall–Kier alpha value is -3.68. The minimum Gasteiger partial charge on any atom is -0.494 e. The molecule has 2 aromatic heterocycles. The van der Waals surface area contributed by atoms with Gasteiger partial charge in [0.25, 0.3) is 5.91 Å². The third kappa shape index (κ3) is 5.44. The van der Waals surface area contributed by atoms with E-state index in [1.54, 1.807) is 12.3 Å². The number of anilines is 3. The summed E-state index contributed by atoms with van der Waals surface area (Å²) in [5, 5.41) is 3.28. The minimum atomic E-state index is -0.0251. The van der Waals surface area contributed by atoms with E-state index in [1.165, 1.54) is 0 Å². The fraction of sp³-hybridized carbons (Fsp3) is 0.385. The lowest BCUT2D eigenvalue weighted by Crippen LogP contribution is -2.49. The lowest BCUT2D eigenvalue weighted by atomic mass is 10.2. The molecule has 8 nitrogen and oxygen atoms in total. The van der Waals surface area contributed by atoms with Crippen LogP contribution in [0.2, 0.25) is 0 Å². The van der Waals surface area contributed by atoms with Crippen molar-refractivity contribution >= 4 is 23.2 Å². The molecule has 1 amide bonds. The molecule has 3 heterocycles. The molecule has 1 aliphatic heterocycles. The Balaban J connectivity index is 1.44. The molecule has 1 aliphatic rings. The summed E-state index contributed by atoms with van der Waals surface area (Å²) in [6, 6.07) is 13.3. The average Bonchev–Trinajstić information content (AvgIpc) is 2.85. The van der Waals surface area contributed by atoms with Crippen LogP contribution in [0, 0.1) is 6.92 Å². The van der Waals surface area contributed by atoms with Crippen LogP contribution in [0.4, 0.5) is 17.3 Å². The Morgan fingerprint density at radius 3 is 2.50 bits per heavy atom. The van der Waals surface area contributed by atoms with Crippen molar-refractivity contribution in [3.63, 3.8) is 0 Å². The zero-order chi connectivity index (χ0) is 24.1. The second-order valence-electron chi connectivity index (χ2n) is 8.64. The van der Waals surface area contributed by atoms with Gasteiger partial charge in [0.2, 0.25) is 0 Å². The molecule has 8 heteroatoms. The summed E-state index contributed by atoms with van der Waals surface area (Å²) >= 11 is 0. The number of pyridine rings is 1. The molecular weight excluding hydrogens is 428 g/mol. The number of ether oxygens (including phenoxy) is 1. The number of piperazine rings is 1. The summed E-state index contributed by atoms with van der Waals surface area (Å²) in [6.07, 6.45) is 1.69. The molecule has 1 saturated heterocycles. The van der Waals surface area contributed by atoms with Crippen LogP contribution in [-0.4, -0.2) is 58.5 Å². The Morgan fingerprint density at radius 1 is 1.09 bits per heavy atom. The first-order valence-corrected chi connectivity index (χ1v) is 11.8. The largest absolute Gasteiger partial charge is 0.494 e. The molecule has 0 aliphatic carbocycles. The van der Waals surface area contributed by atoms with E-state index in [9.17, 15) is 4.79 Å². The number of nitrogens with zero attached hydrogens (tertiary/aromatic N) is 5. The van der Waals surface area contributed by atoms with Gasteiger partial charge in [-0.2, -0.15) is 0 Å². The SMILES string of the molecule is CCOc1ccc(Nc2ncccc2C(=O)N2CCN(c3cc(C)nc(C(C)C)n3)CC2)cc1. The first kappa shape index (κ1) is 23.5. The molecule has 0 saturated carbocycles. The van der Waals surface area contributed by atoms with Crippen molar-refractivity contribution < 1.29 is 9.53 Å². The van der Waals surface area contributed by atoms with Gasteiger partial charge < -0.3 is 19.9 Å². The lowest BCUT2D eigenvalue weighted by Gasteiger charge is -2.36. The molecule has 0 spiro atoms. The molecule has 0 bridgehead atoms. The molecule has 178 valence electrons. The van der Waals surface area contributed by atoms with Gasteiger partial charge in [-0.05, 0) is 50.2 Å². The number of rotatable bonds is 7. The van der Waals surface area contributed by atoms with Crippen molar-refractivity contribution in [3.8, 4) is 5.75 Å². The van der Waals surface area contributed by atoms with Crippen LogP contribution in [0.15, 0.2) is 48.7 Å². The van der Waals surface area contributed by atoms with E-state index in [0.717, 1.165) is 41.9 Å². The number of nitrogens with one attached hydrogen (secondary N) is 1. The summed E-state index contributed by atoms with van der Waals surface area (Å²) in [4.78, 5) is 31.2. The summed E-state index contributed by atoms with van der Waals surface area (Å²) in [5.74, 6) is 3.39. The van der Waals surface area contributed by atoms with Crippen molar-refractivity contribution in [1.82, 2.24) is 19.9 Å². The van der Waals surface area contributed by atoms with E-state index in [1.807, 2.05) is 55.1 Å². The predicted octanol–water partition coefficient (Wildman–Crippen LogP) is 4.41. The molecule has 4 rings (SSSR count). The zero-order valence-electron chi connectivity index (χ0n) is 20.3. The van der Waals surface area contributed by atoms with Gasteiger partial charge in [-0.25, -0.2) is 15.0 Å². The van der Waals surface area contributed by atoms with Gasteiger partial charge in [-0.15, -0.1) is 0 Å². The van der Waals surface area contributed by atoms with Crippen molar-refractivity contribution in [2.24, 2.45) is 0 Å². The molecule has 3 aromatic rings. The van der Waals surface area contributed by atoms with E-state index < -0.39 is 0 Å². The van der Waals surface area contributed by atoms with Crippen LogP contribution in [0.3, 0.4) is 0 Å². The van der Waals surface area contributed by atoms with E-state index in [4.69, 9.17) is 9.72 Å². The maximum atomic E-state index is 13.4. The van der Waals surface area contributed by atoms with Crippen LogP contribution >= 0.6 is 0 Å². The molecule has 0 atom stereocenters. The Kier molecular flexibility index (Phi) is 7.25. The van der Waals surface area contributed by atoms with Crippen LogP contribution in [-0.2, 0) is 0 Å². The number of hydrogen-bond donors (Lipinski definition) is 1. The summed E-state index contributed by atoms with van der Waals surface area (Å²) in [6.45, 7) is 11.5. The van der Waals surface area contributed by atoms with Gasteiger partial charge in [-0.3, -0.25) is 4.79 Å². The van der Waals surface area contributed by atoms with Crippen LogP contribution in [0.5, 0.6) is 5.75 Å². The van der Waals surface area contributed by atoms with Gasteiger partial charge in [0.05, 0.1) is 12.2 Å². The lowest BCUT2D eigenvalue weighted by molar-refractivity contribution is 0.0747. The maximum Gasteiger partial charge on any atom is 0.257 e. The second-order valence-corrected chi connectivity index (χ2v) is 8.64. The van der Waals surface area contributed by atoms with E-state index in [0.29, 0.717) is 31.1 Å². The van der Waals surface area contributed by atoms with Gasteiger partial charge in [0.15, 0.2) is 0 Å². The highest BCUT2D eigenvalue weighted by Crippen LogP contribution is 2.24. The van der Waals surface area contributed by atoms with E-state index in [-0.39, 0.29) is 11.8 Å². The maximum absolute atomic E-state index is 13.4. The Bertz CT molecular complexity index is 1120. The third-order valence-electron chi connectivity index (χ3n) is 5.73. The molecular formula is C26H32N6O2. The van der Waals surface area contributed by atoms with E-state index >= 15 is 0 Å². The fourth-order valence-electron chi connectivity index (χ4n) is 3.92. The number of hydrogen-bond acceptors (Lipinski definition) is 7. The average molecular weight is 461 g/mol. The van der Waals surface area contributed by atoms with Gasteiger partial charge in [-0.1, -0.05) is 13.8 Å². The van der Waals surface area contributed by atoms with Crippen LogP contribution < -0.4 is 15.0 Å². The Morgan fingerprint density at radius 2 is 1.82 bits per heavy atom. The Labute approximate surface area is 201 Å². The number of aromatic nitrogens is 3. The van der Waals surface area contributed by atoms with Gasteiger partial charge >= 0.3 is 0 Å². The predicted molar refractivity (Wildman–Crippen MR) is 134 cm³/mol. The standard InChI is InChI=1S/C26H32N6O2/c1-5-34-21-10-8-20(9-11-21)29-25-22(7-6-12-27-25)26(33)32-15-13-31(14-16-32)23-17-19(4)28-24(30-23)18(2)3/h6-12,17-18H,5,13-16H2,1-4H3,(H,27,29). The quantitative estimate of drug-likeness (QED) is 0.559. The van der Waals surface area contributed by atoms with Gasteiger partial charge in [0, 0.05) is 55.7 Å². The molecule has 0 unspecified atom stereocenters. The molecule has 1 aromatic carbocycles. The number of aryl methyl sites for hydroxylation is 1. The number of carbonyl (C=O) groups excluding carboxylic acids is 1. The van der Waals surface area contributed by atoms with Crippen molar-refractivity contribution in [2.75, 3.05) is 43.0 Å². The fourth-order valence-corrected chi connectivity index (χ4v) is 3.92. The van der Waals surface area contributed by atoms with Crippen LogP contribution in [0.25, 0.3) is 0 Å². The highest BCUT2D eigenvalue weighted by atomic mass is 16.5.